The summed E-state index contributed by atoms with van der Waals surface area (Å²) in [6.45, 7) is 3.00. The van der Waals surface area contributed by atoms with Gasteiger partial charge in [0.1, 0.15) is 4.90 Å². The van der Waals surface area contributed by atoms with Crippen LogP contribution >= 0.6 is 0 Å². The van der Waals surface area contributed by atoms with E-state index >= 15 is 0 Å². The monoisotopic (exact) mass is 297 g/mol. The first-order valence-corrected chi connectivity index (χ1v) is 8.67. The highest BCUT2D eigenvalue weighted by atomic mass is 32.2. The maximum Gasteiger partial charge on any atom is 0.240 e. The van der Waals surface area contributed by atoms with Crippen molar-refractivity contribution in [3.8, 4) is 0 Å². The predicted octanol–water partition coefficient (Wildman–Crippen LogP) is 2.08. The number of nitrogens with zero attached hydrogens (tertiary/aromatic N) is 1. The van der Waals surface area contributed by atoms with Crippen LogP contribution in [0.2, 0.25) is 0 Å². The Bertz CT molecular complexity index is 572. The predicted molar refractivity (Wildman–Crippen MR) is 82.1 cm³/mol. The first-order chi connectivity index (χ1) is 9.43. The lowest BCUT2D eigenvalue weighted by Gasteiger charge is -2.32. The maximum absolute atomic E-state index is 11.8. The summed E-state index contributed by atoms with van der Waals surface area (Å²) in [5.41, 5.74) is 6.82. The number of benzene rings is 1. The number of nitrogens with two attached hydrogens (primary N) is 2. The van der Waals surface area contributed by atoms with Gasteiger partial charge in [0.15, 0.2) is 0 Å². The van der Waals surface area contributed by atoms with Crippen molar-refractivity contribution in [2.24, 2.45) is 5.14 Å². The fourth-order valence-corrected chi connectivity index (χ4v) is 3.69. The van der Waals surface area contributed by atoms with Crippen LogP contribution in [0.15, 0.2) is 23.1 Å². The van der Waals surface area contributed by atoms with Gasteiger partial charge >= 0.3 is 0 Å². The molecule has 1 fully saturated rings. The van der Waals surface area contributed by atoms with Gasteiger partial charge in [-0.1, -0.05) is 19.8 Å². The molecule has 0 amide bonds. The third-order valence-electron chi connectivity index (χ3n) is 3.95. The highest BCUT2D eigenvalue weighted by Crippen LogP contribution is 2.32. The first kappa shape index (κ1) is 15.1. The van der Waals surface area contributed by atoms with E-state index in [-0.39, 0.29) is 4.90 Å². The molecule has 20 heavy (non-hydrogen) atoms. The standard InChI is InChI=1S/C14H23N3O2S/c1-2-12-6-4-3-5-9-17(12)13-8-7-11(15)10-14(13)20(16,18)19/h7-8,10,12H,2-6,9,15H2,1H3,(H2,16,18,19). The van der Waals surface area contributed by atoms with Gasteiger partial charge < -0.3 is 10.6 Å². The van der Waals surface area contributed by atoms with Gasteiger partial charge in [0.05, 0.1) is 5.69 Å². The van der Waals surface area contributed by atoms with E-state index in [1.807, 2.05) is 0 Å². The average molecular weight is 297 g/mol. The van der Waals surface area contributed by atoms with Gasteiger partial charge in [-0.25, -0.2) is 13.6 Å². The van der Waals surface area contributed by atoms with E-state index in [1.54, 1.807) is 12.1 Å². The number of anilines is 2. The van der Waals surface area contributed by atoms with Crippen molar-refractivity contribution in [3.05, 3.63) is 18.2 Å². The van der Waals surface area contributed by atoms with Crippen LogP contribution < -0.4 is 15.8 Å². The molecule has 2 rings (SSSR count). The smallest absolute Gasteiger partial charge is 0.240 e. The van der Waals surface area contributed by atoms with Crippen LogP contribution in [0.5, 0.6) is 0 Å². The molecule has 1 saturated heterocycles. The molecule has 6 heteroatoms. The van der Waals surface area contributed by atoms with Crippen LogP contribution in [-0.2, 0) is 10.0 Å². The normalized spacial score (nSPS) is 20.7. The number of nitrogen functional groups attached to an aromatic ring is 1. The van der Waals surface area contributed by atoms with Gasteiger partial charge in [-0.05, 0) is 37.5 Å². The third kappa shape index (κ3) is 3.24. The largest absolute Gasteiger partial charge is 0.399 e. The van der Waals surface area contributed by atoms with Gasteiger partial charge in [-0.3, -0.25) is 0 Å². The Kier molecular flexibility index (Phi) is 4.55. The molecule has 4 N–H and O–H groups in total. The van der Waals surface area contributed by atoms with Crippen molar-refractivity contribution in [2.75, 3.05) is 17.2 Å². The van der Waals surface area contributed by atoms with Crippen molar-refractivity contribution in [1.29, 1.82) is 0 Å². The van der Waals surface area contributed by atoms with Crippen molar-refractivity contribution in [1.82, 2.24) is 0 Å². The van der Waals surface area contributed by atoms with Gasteiger partial charge in [-0.15, -0.1) is 0 Å². The summed E-state index contributed by atoms with van der Waals surface area (Å²) in [6, 6.07) is 5.34. The quantitative estimate of drug-likeness (QED) is 0.836. The Morgan fingerprint density at radius 3 is 2.70 bits per heavy atom. The summed E-state index contributed by atoms with van der Waals surface area (Å²) in [7, 11) is -3.77. The Hall–Kier alpha value is -1.27. The molecule has 112 valence electrons. The van der Waals surface area contributed by atoms with Gasteiger partial charge in [0.2, 0.25) is 10.0 Å². The summed E-state index contributed by atoms with van der Waals surface area (Å²) < 4.78 is 23.7. The summed E-state index contributed by atoms with van der Waals surface area (Å²) in [6.07, 6.45) is 5.53. The van der Waals surface area contributed by atoms with Crippen LogP contribution in [0, 0.1) is 0 Å². The van der Waals surface area contributed by atoms with Crippen molar-refractivity contribution in [3.63, 3.8) is 0 Å². The summed E-state index contributed by atoms with van der Waals surface area (Å²) in [5, 5.41) is 5.35. The minimum absolute atomic E-state index is 0.137. The molecule has 5 nitrogen and oxygen atoms in total. The lowest BCUT2D eigenvalue weighted by atomic mass is 10.1. The van der Waals surface area contributed by atoms with Crippen LogP contribution in [0.1, 0.15) is 39.0 Å². The van der Waals surface area contributed by atoms with E-state index in [1.165, 1.54) is 18.9 Å². The Morgan fingerprint density at radius 2 is 2.05 bits per heavy atom. The molecule has 0 saturated carbocycles. The van der Waals surface area contributed by atoms with Crippen LogP contribution in [-0.4, -0.2) is 21.0 Å². The summed E-state index contributed by atoms with van der Waals surface area (Å²) in [4.78, 5) is 2.32. The second-order valence-electron chi connectivity index (χ2n) is 5.38. The number of primary sulfonamides is 1. The highest BCUT2D eigenvalue weighted by molar-refractivity contribution is 7.89. The molecule has 1 aromatic rings. The molecular weight excluding hydrogens is 274 g/mol. The van der Waals surface area contributed by atoms with Gasteiger partial charge in [-0.2, -0.15) is 0 Å². The number of hydrogen-bond acceptors (Lipinski definition) is 4. The molecular formula is C14H23N3O2S. The molecule has 0 spiro atoms. The number of rotatable bonds is 3. The second-order valence-corrected chi connectivity index (χ2v) is 6.91. The first-order valence-electron chi connectivity index (χ1n) is 7.12. The van der Waals surface area contributed by atoms with E-state index in [0.717, 1.165) is 25.8 Å². The van der Waals surface area contributed by atoms with E-state index in [0.29, 0.717) is 17.4 Å². The zero-order valence-electron chi connectivity index (χ0n) is 11.9. The molecule has 1 aliphatic heterocycles. The van der Waals surface area contributed by atoms with Gasteiger partial charge in [0, 0.05) is 18.3 Å². The molecule has 1 heterocycles. The minimum atomic E-state index is -3.77. The van der Waals surface area contributed by atoms with Crippen molar-refractivity contribution >= 4 is 21.4 Å². The fourth-order valence-electron chi connectivity index (χ4n) is 2.91. The van der Waals surface area contributed by atoms with Crippen LogP contribution in [0.3, 0.4) is 0 Å². The third-order valence-corrected chi connectivity index (χ3v) is 4.89. The Balaban J connectivity index is 2.49. The SMILES string of the molecule is CCC1CCCCCN1c1ccc(N)cc1S(N)(=O)=O. The molecule has 1 aromatic carbocycles. The van der Waals surface area contributed by atoms with E-state index in [9.17, 15) is 8.42 Å². The molecule has 0 radical (unpaired) electrons. The van der Waals surface area contributed by atoms with Crippen LogP contribution in [0.25, 0.3) is 0 Å². The number of hydrogen-bond donors (Lipinski definition) is 2. The van der Waals surface area contributed by atoms with Gasteiger partial charge in [0.25, 0.3) is 0 Å². The summed E-state index contributed by atoms with van der Waals surface area (Å²) in [5.74, 6) is 0. The fraction of sp³-hybridized carbons (Fsp3) is 0.571. The lowest BCUT2D eigenvalue weighted by Crippen LogP contribution is -2.35. The number of sulfonamides is 1. The van der Waals surface area contributed by atoms with E-state index in [2.05, 4.69) is 11.8 Å². The zero-order chi connectivity index (χ0) is 14.8. The summed E-state index contributed by atoms with van der Waals surface area (Å²) >= 11 is 0. The molecule has 1 unspecified atom stereocenters. The van der Waals surface area contributed by atoms with Crippen molar-refractivity contribution < 1.29 is 8.42 Å². The maximum atomic E-state index is 11.8. The van der Waals surface area contributed by atoms with Crippen molar-refractivity contribution in [2.45, 2.75) is 50.0 Å². The topological polar surface area (TPSA) is 89.4 Å². The van der Waals surface area contributed by atoms with Crippen LogP contribution in [0.4, 0.5) is 11.4 Å². The van der Waals surface area contributed by atoms with E-state index in [4.69, 9.17) is 10.9 Å². The highest BCUT2D eigenvalue weighted by Gasteiger charge is 2.25. The minimum Gasteiger partial charge on any atom is -0.399 e. The average Bonchev–Trinajstić information content (AvgIpc) is 2.62. The molecule has 1 aliphatic rings. The molecule has 1 atom stereocenters. The lowest BCUT2D eigenvalue weighted by molar-refractivity contribution is 0.552. The molecule has 0 aliphatic carbocycles. The van der Waals surface area contributed by atoms with E-state index < -0.39 is 10.0 Å². The Labute approximate surface area is 121 Å². The Morgan fingerprint density at radius 1 is 1.30 bits per heavy atom. The molecule has 0 bridgehead atoms. The zero-order valence-corrected chi connectivity index (χ0v) is 12.7. The second kappa shape index (κ2) is 6.01. The molecule has 0 aromatic heterocycles.